The lowest BCUT2D eigenvalue weighted by molar-refractivity contribution is 0.0202. The van der Waals surface area contributed by atoms with E-state index in [0.717, 1.165) is 35.3 Å². The SMILES string of the molecule is CC(C)(C)OC(=O)N1CCC(c2nc3ccccc3n2Cc2cccc(F)c2)CC1. The first kappa shape index (κ1) is 20.4. The zero-order chi connectivity index (χ0) is 21.3. The van der Waals surface area contributed by atoms with E-state index in [-0.39, 0.29) is 17.8 Å². The number of benzene rings is 2. The van der Waals surface area contributed by atoms with Crippen LogP contribution >= 0.6 is 0 Å². The van der Waals surface area contributed by atoms with Crippen LogP contribution in [0.15, 0.2) is 48.5 Å². The second-order valence-electron chi connectivity index (χ2n) is 8.92. The second kappa shape index (κ2) is 8.09. The predicted octanol–water partition coefficient (Wildman–Crippen LogP) is 5.34. The lowest BCUT2D eigenvalue weighted by Crippen LogP contribution is -2.41. The Bertz CT molecular complexity index is 1050. The number of rotatable bonds is 3. The summed E-state index contributed by atoms with van der Waals surface area (Å²) in [5.41, 5.74) is 2.41. The highest BCUT2D eigenvalue weighted by Gasteiger charge is 2.30. The molecule has 0 N–H and O–H groups in total. The molecule has 1 fully saturated rings. The highest BCUT2D eigenvalue weighted by atomic mass is 19.1. The van der Waals surface area contributed by atoms with Crippen molar-refractivity contribution in [2.45, 2.75) is 51.7 Å². The number of para-hydroxylation sites is 2. The van der Waals surface area contributed by atoms with Gasteiger partial charge in [-0.05, 0) is 63.4 Å². The number of hydrogen-bond acceptors (Lipinski definition) is 3. The zero-order valence-corrected chi connectivity index (χ0v) is 17.8. The average molecular weight is 410 g/mol. The Labute approximate surface area is 176 Å². The van der Waals surface area contributed by atoms with Gasteiger partial charge in [0.2, 0.25) is 0 Å². The highest BCUT2D eigenvalue weighted by Crippen LogP contribution is 2.31. The number of nitrogens with zero attached hydrogens (tertiary/aromatic N) is 3. The van der Waals surface area contributed by atoms with Crippen molar-refractivity contribution in [2.75, 3.05) is 13.1 Å². The van der Waals surface area contributed by atoms with Crippen LogP contribution in [-0.2, 0) is 11.3 Å². The molecule has 6 heteroatoms. The molecule has 2 heterocycles. The Kier molecular flexibility index (Phi) is 5.50. The Morgan fingerprint density at radius 1 is 1.13 bits per heavy atom. The first-order valence-electron chi connectivity index (χ1n) is 10.5. The van der Waals surface area contributed by atoms with Crippen LogP contribution in [0.1, 0.15) is 50.9 Å². The fourth-order valence-electron chi connectivity index (χ4n) is 4.04. The van der Waals surface area contributed by atoms with E-state index in [1.54, 1.807) is 17.0 Å². The van der Waals surface area contributed by atoms with Crippen molar-refractivity contribution in [3.8, 4) is 0 Å². The van der Waals surface area contributed by atoms with Crippen molar-refractivity contribution in [1.82, 2.24) is 14.5 Å². The molecule has 1 amide bonds. The summed E-state index contributed by atoms with van der Waals surface area (Å²) >= 11 is 0. The predicted molar refractivity (Wildman–Crippen MR) is 115 cm³/mol. The summed E-state index contributed by atoms with van der Waals surface area (Å²) in [7, 11) is 0. The van der Waals surface area contributed by atoms with Crippen molar-refractivity contribution in [3.63, 3.8) is 0 Å². The highest BCUT2D eigenvalue weighted by molar-refractivity contribution is 5.76. The van der Waals surface area contributed by atoms with Crippen LogP contribution in [0.2, 0.25) is 0 Å². The normalized spacial score (nSPS) is 15.5. The number of carbonyl (C=O) groups is 1. The number of carbonyl (C=O) groups excluding carboxylic acids is 1. The monoisotopic (exact) mass is 409 g/mol. The van der Waals surface area contributed by atoms with Gasteiger partial charge in [-0.15, -0.1) is 0 Å². The third kappa shape index (κ3) is 4.48. The fourth-order valence-corrected chi connectivity index (χ4v) is 4.04. The van der Waals surface area contributed by atoms with Gasteiger partial charge in [-0.3, -0.25) is 0 Å². The van der Waals surface area contributed by atoms with Gasteiger partial charge in [-0.1, -0.05) is 24.3 Å². The van der Waals surface area contributed by atoms with Crippen molar-refractivity contribution >= 4 is 17.1 Å². The third-order valence-corrected chi connectivity index (χ3v) is 5.43. The van der Waals surface area contributed by atoms with E-state index in [0.29, 0.717) is 19.6 Å². The number of amides is 1. The van der Waals surface area contributed by atoms with Gasteiger partial charge in [-0.2, -0.15) is 0 Å². The molecule has 0 unspecified atom stereocenters. The van der Waals surface area contributed by atoms with Crippen molar-refractivity contribution < 1.29 is 13.9 Å². The molecule has 5 nitrogen and oxygen atoms in total. The largest absolute Gasteiger partial charge is 0.444 e. The quantitative estimate of drug-likeness (QED) is 0.587. The molecule has 0 bridgehead atoms. The molecule has 30 heavy (non-hydrogen) atoms. The van der Waals surface area contributed by atoms with Gasteiger partial charge in [0, 0.05) is 25.6 Å². The lowest BCUT2D eigenvalue weighted by atomic mass is 9.96. The lowest BCUT2D eigenvalue weighted by Gasteiger charge is -2.33. The molecule has 1 aliphatic heterocycles. The molecular formula is C24H28FN3O2. The fraction of sp³-hybridized carbons (Fsp3) is 0.417. The molecule has 3 aromatic rings. The second-order valence-corrected chi connectivity index (χ2v) is 8.92. The Morgan fingerprint density at radius 3 is 2.57 bits per heavy atom. The summed E-state index contributed by atoms with van der Waals surface area (Å²) in [6.07, 6.45) is 1.39. The molecule has 2 aromatic carbocycles. The van der Waals surface area contributed by atoms with E-state index in [1.165, 1.54) is 6.07 Å². The maximum Gasteiger partial charge on any atom is 0.410 e. The number of ether oxygens (including phenoxy) is 1. The molecular weight excluding hydrogens is 381 g/mol. The van der Waals surface area contributed by atoms with E-state index in [2.05, 4.69) is 10.6 Å². The topological polar surface area (TPSA) is 47.4 Å². The number of imidazole rings is 1. The van der Waals surface area contributed by atoms with Crippen LogP contribution in [0, 0.1) is 5.82 Å². The van der Waals surface area contributed by atoms with Crippen molar-refractivity contribution in [2.24, 2.45) is 0 Å². The zero-order valence-electron chi connectivity index (χ0n) is 17.8. The van der Waals surface area contributed by atoms with Gasteiger partial charge in [0.1, 0.15) is 17.2 Å². The third-order valence-electron chi connectivity index (χ3n) is 5.43. The van der Waals surface area contributed by atoms with Crippen LogP contribution in [0.25, 0.3) is 11.0 Å². The minimum atomic E-state index is -0.493. The van der Waals surface area contributed by atoms with Crippen LogP contribution in [0.5, 0.6) is 0 Å². The number of halogens is 1. The van der Waals surface area contributed by atoms with Gasteiger partial charge in [-0.25, -0.2) is 14.2 Å². The average Bonchev–Trinajstić information content (AvgIpc) is 3.05. The van der Waals surface area contributed by atoms with Crippen LogP contribution in [-0.4, -0.2) is 39.2 Å². The summed E-state index contributed by atoms with van der Waals surface area (Å²) in [6.45, 7) is 7.50. The number of piperidine rings is 1. The summed E-state index contributed by atoms with van der Waals surface area (Å²) in [4.78, 5) is 19.1. The Balaban J connectivity index is 1.57. The summed E-state index contributed by atoms with van der Waals surface area (Å²) in [6, 6.07) is 14.8. The molecule has 1 aliphatic rings. The van der Waals surface area contributed by atoms with E-state index in [1.807, 2.05) is 45.0 Å². The Hall–Kier alpha value is -2.89. The molecule has 0 atom stereocenters. The maximum atomic E-state index is 13.7. The maximum absolute atomic E-state index is 13.7. The summed E-state index contributed by atoms with van der Waals surface area (Å²) in [5.74, 6) is 1.01. The summed E-state index contributed by atoms with van der Waals surface area (Å²) in [5, 5.41) is 0. The van der Waals surface area contributed by atoms with E-state index >= 15 is 0 Å². The molecule has 1 saturated heterocycles. The number of hydrogen-bond donors (Lipinski definition) is 0. The molecule has 0 saturated carbocycles. The number of likely N-dealkylation sites (tertiary alicyclic amines) is 1. The number of fused-ring (bicyclic) bond motifs is 1. The first-order valence-corrected chi connectivity index (χ1v) is 10.5. The van der Waals surface area contributed by atoms with Gasteiger partial charge >= 0.3 is 6.09 Å². The van der Waals surface area contributed by atoms with Crippen LogP contribution < -0.4 is 0 Å². The molecule has 4 rings (SSSR count). The molecule has 0 spiro atoms. The van der Waals surface area contributed by atoms with Crippen molar-refractivity contribution in [3.05, 3.63) is 65.7 Å². The molecule has 0 radical (unpaired) electrons. The van der Waals surface area contributed by atoms with Gasteiger partial charge < -0.3 is 14.2 Å². The number of aromatic nitrogens is 2. The first-order chi connectivity index (χ1) is 14.3. The summed E-state index contributed by atoms with van der Waals surface area (Å²) < 4.78 is 21.4. The van der Waals surface area contributed by atoms with E-state index < -0.39 is 5.60 Å². The van der Waals surface area contributed by atoms with Crippen LogP contribution in [0.4, 0.5) is 9.18 Å². The van der Waals surface area contributed by atoms with Gasteiger partial charge in [0.15, 0.2) is 0 Å². The molecule has 1 aromatic heterocycles. The Morgan fingerprint density at radius 2 is 1.87 bits per heavy atom. The minimum Gasteiger partial charge on any atom is -0.444 e. The van der Waals surface area contributed by atoms with Gasteiger partial charge in [0.25, 0.3) is 0 Å². The minimum absolute atomic E-state index is 0.232. The van der Waals surface area contributed by atoms with Crippen molar-refractivity contribution in [1.29, 1.82) is 0 Å². The smallest absolute Gasteiger partial charge is 0.410 e. The standard InChI is InChI=1S/C24H28FN3O2/c1-24(2,3)30-23(29)27-13-11-18(12-14-27)22-26-20-9-4-5-10-21(20)28(22)16-17-7-6-8-19(25)15-17/h4-10,15,18H,11-14,16H2,1-3H3. The van der Waals surface area contributed by atoms with Crippen LogP contribution in [0.3, 0.4) is 0 Å². The van der Waals surface area contributed by atoms with Gasteiger partial charge in [0.05, 0.1) is 11.0 Å². The molecule has 158 valence electrons. The van der Waals surface area contributed by atoms with E-state index in [4.69, 9.17) is 9.72 Å². The van der Waals surface area contributed by atoms with E-state index in [9.17, 15) is 9.18 Å². The molecule has 0 aliphatic carbocycles.